The van der Waals surface area contributed by atoms with Gasteiger partial charge in [0.25, 0.3) is 5.56 Å². The van der Waals surface area contributed by atoms with Crippen molar-refractivity contribution in [3.8, 4) is 0 Å². The molecule has 1 aromatic carbocycles. The number of aromatic nitrogens is 2. The Labute approximate surface area is 198 Å². The van der Waals surface area contributed by atoms with E-state index in [0.717, 1.165) is 43.1 Å². The van der Waals surface area contributed by atoms with Crippen LogP contribution in [-0.4, -0.2) is 28.5 Å². The first kappa shape index (κ1) is 25.1. The lowest BCUT2D eigenvalue weighted by atomic mass is 10.2. The number of rotatable bonds is 12. The monoisotopic (exact) mass is 469 g/mol. The van der Waals surface area contributed by atoms with E-state index in [1.54, 1.807) is 4.90 Å². The Kier molecular flexibility index (Phi) is 8.56. The van der Waals surface area contributed by atoms with Crippen LogP contribution in [0.3, 0.4) is 0 Å². The maximum atomic E-state index is 13.0. The zero-order chi connectivity index (χ0) is 24.7. The number of hydrogen-bond acceptors (Lipinski definition) is 6. The van der Waals surface area contributed by atoms with E-state index in [4.69, 9.17) is 10.2 Å². The second-order valence-corrected chi connectivity index (χ2v) is 8.60. The van der Waals surface area contributed by atoms with Crippen LogP contribution in [0, 0.1) is 0 Å². The molecule has 3 rings (SSSR count). The Balaban J connectivity index is 1.82. The summed E-state index contributed by atoms with van der Waals surface area (Å²) < 4.78 is 7.24. The fourth-order valence-electron chi connectivity index (χ4n) is 3.99. The van der Waals surface area contributed by atoms with Crippen molar-refractivity contribution in [2.75, 3.05) is 23.7 Å². The number of nitrogen functional groups attached to an aromatic ring is 1. The van der Waals surface area contributed by atoms with Gasteiger partial charge in [-0.15, -0.1) is 0 Å². The van der Waals surface area contributed by atoms with Gasteiger partial charge in [0, 0.05) is 18.5 Å². The van der Waals surface area contributed by atoms with Crippen LogP contribution in [0.2, 0.25) is 0 Å². The van der Waals surface area contributed by atoms with Crippen molar-refractivity contribution < 1.29 is 9.21 Å². The Bertz CT molecular complexity index is 1190. The zero-order valence-corrected chi connectivity index (χ0v) is 20.2. The van der Waals surface area contributed by atoms with E-state index < -0.39 is 11.2 Å². The van der Waals surface area contributed by atoms with Crippen LogP contribution in [0.25, 0.3) is 11.0 Å². The molecule has 3 aromatic rings. The van der Waals surface area contributed by atoms with Crippen molar-refractivity contribution in [3.05, 3.63) is 56.9 Å². The van der Waals surface area contributed by atoms with Crippen LogP contribution in [0.15, 0.2) is 44.3 Å². The predicted octanol–water partition coefficient (Wildman–Crippen LogP) is 3.54. The van der Waals surface area contributed by atoms with Gasteiger partial charge in [0.2, 0.25) is 5.91 Å². The number of carbonyl (C=O) groups is 1. The highest BCUT2D eigenvalue weighted by molar-refractivity contribution is 5.83. The first-order valence-electron chi connectivity index (χ1n) is 12.0. The average Bonchev–Trinajstić information content (AvgIpc) is 3.23. The summed E-state index contributed by atoms with van der Waals surface area (Å²) in [6.07, 6.45) is 4.35. The van der Waals surface area contributed by atoms with Crippen LogP contribution in [0.1, 0.15) is 64.7 Å². The molecule has 0 spiro atoms. The number of H-pyrrole nitrogens is 1. The largest absolute Gasteiger partial charge is 0.459 e. The number of nitrogens with two attached hydrogens (primary N) is 1. The van der Waals surface area contributed by atoms with Gasteiger partial charge in [-0.2, -0.15) is 0 Å². The van der Waals surface area contributed by atoms with Gasteiger partial charge in [-0.3, -0.25) is 19.1 Å². The topological polar surface area (TPSA) is 126 Å². The molecule has 34 heavy (non-hydrogen) atoms. The van der Waals surface area contributed by atoms with Crippen molar-refractivity contribution >= 4 is 28.4 Å². The minimum atomic E-state index is -0.579. The summed E-state index contributed by atoms with van der Waals surface area (Å²) in [5.74, 6) is 0.476. The third-order valence-corrected chi connectivity index (χ3v) is 5.88. The number of carbonyl (C=O) groups excluding carboxylic acids is 1. The Morgan fingerprint density at radius 3 is 2.62 bits per heavy atom. The first-order valence-corrected chi connectivity index (χ1v) is 12.0. The number of amides is 1. The SMILES string of the molecule is CCCCCN(CC(=O)N[C@H](C)c1cc2ccccc2o1)c1c(N)n(CCCC)c(=O)[nH]c1=O. The molecule has 1 atom stereocenters. The van der Waals surface area contributed by atoms with Gasteiger partial charge in [-0.05, 0) is 31.9 Å². The summed E-state index contributed by atoms with van der Waals surface area (Å²) in [5, 5.41) is 3.92. The zero-order valence-electron chi connectivity index (χ0n) is 20.2. The van der Waals surface area contributed by atoms with E-state index in [1.807, 2.05) is 44.2 Å². The molecule has 1 amide bonds. The number of furan rings is 1. The standard InChI is InChI=1S/C25H35N5O4/c1-4-6-10-13-29(22-23(26)30(14-7-5-2)25(33)28-24(22)32)16-21(31)27-17(3)20-15-18-11-8-9-12-19(18)34-20/h8-9,11-12,15,17H,4-7,10,13-14,16,26H2,1-3H3,(H,27,31)(H,28,32,33)/t17-/m1/s1. The molecule has 184 valence electrons. The van der Waals surface area contributed by atoms with Gasteiger partial charge in [-0.1, -0.05) is 51.3 Å². The van der Waals surface area contributed by atoms with Gasteiger partial charge in [0.15, 0.2) is 0 Å². The highest BCUT2D eigenvalue weighted by Gasteiger charge is 2.22. The lowest BCUT2D eigenvalue weighted by Crippen LogP contribution is -2.43. The van der Waals surface area contributed by atoms with Gasteiger partial charge in [0.05, 0.1) is 12.6 Å². The summed E-state index contributed by atoms with van der Waals surface area (Å²) in [5.41, 5.74) is 6.11. The molecule has 0 aliphatic heterocycles. The van der Waals surface area contributed by atoms with Crippen molar-refractivity contribution in [2.45, 2.75) is 65.5 Å². The van der Waals surface area contributed by atoms with Crippen LogP contribution in [0.5, 0.6) is 0 Å². The molecule has 4 N–H and O–H groups in total. The quantitative estimate of drug-likeness (QED) is 0.348. The Morgan fingerprint density at radius 1 is 1.18 bits per heavy atom. The minimum absolute atomic E-state index is 0.0620. The molecule has 9 heteroatoms. The second-order valence-electron chi connectivity index (χ2n) is 8.60. The molecule has 0 radical (unpaired) electrons. The summed E-state index contributed by atoms with van der Waals surface area (Å²) in [7, 11) is 0. The van der Waals surface area contributed by atoms with E-state index in [2.05, 4.69) is 17.2 Å². The van der Waals surface area contributed by atoms with E-state index in [9.17, 15) is 14.4 Å². The van der Waals surface area contributed by atoms with Crippen molar-refractivity contribution in [3.63, 3.8) is 0 Å². The summed E-state index contributed by atoms with van der Waals surface area (Å²) in [4.78, 5) is 42.1. The van der Waals surface area contributed by atoms with E-state index in [1.165, 1.54) is 4.57 Å². The molecule has 0 saturated heterocycles. The molecule has 2 aromatic heterocycles. The summed E-state index contributed by atoms with van der Waals surface area (Å²) in [6.45, 7) is 6.76. The molecular formula is C25H35N5O4. The van der Waals surface area contributed by atoms with Gasteiger partial charge >= 0.3 is 5.69 Å². The number of para-hydroxylation sites is 1. The molecule has 0 unspecified atom stereocenters. The van der Waals surface area contributed by atoms with Crippen LogP contribution >= 0.6 is 0 Å². The molecule has 0 aliphatic carbocycles. The third-order valence-electron chi connectivity index (χ3n) is 5.88. The predicted molar refractivity (Wildman–Crippen MR) is 135 cm³/mol. The number of benzene rings is 1. The number of nitrogens with zero attached hydrogens (tertiary/aromatic N) is 2. The van der Waals surface area contributed by atoms with E-state index in [-0.39, 0.29) is 30.0 Å². The van der Waals surface area contributed by atoms with Gasteiger partial charge < -0.3 is 20.4 Å². The number of anilines is 2. The number of fused-ring (bicyclic) bond motifs is 1. The van der Waals surface area contributed by atoms with E-state index in [0.29, 0.717) is 18.8 Å². The van der Waals surface area contributed by atoms with Crippen molar-refractivity contribution in [1.29, 1.82) is 0 Å². The smallest absolute Gasteiger partial charge is 0.330 e. The summed E-state index contributed by atoms with van der Waals surface area (Å²) >= 11 is 0. The number of nitrogens with one attached hydrogen (secondary N) is 2. The molecule has 0 fully saturated rings. The number of aromatic amines is 1. The fraction of sp³-hybridized carbons (Fsp3) is 0.480. The van der Waals surface area contributed by atoms with Crippen LogP contribution < -0.4 is 27.2 Å². The third kappa shape index (κ3) is 5.89. The number of hydrogen-bond donors (Lipinski definition) is 3. The highest BCUT2D eigenvalue weighted by Crippen LogP contribution is 2.24. The normalized spacial score (nSPS) is 12.1. The maximum Gasteiger partial charge on any atom is 0.330 e. The first-order chi connectivity index (χ1) is 16.3. The highest BCUT2D eigenvalue weighted by atomic mass is 16.3. The fourth-order valence-corrected chi connectivity index (χ4v) is 3.99. The van der Waals surface area contributed by atoms with Crippen molar-refractivity contribution in [2.24, 2.45) is 0 Å². The lowest BCUT2D eigenvalue weighted by Gasteiger charge is -2.26. The molecule has 9 nitrogen and oxygen atoms in total. The van der Waals surface area contributed by atoms with Crippen LogP contribution in [-0.2, 0) is 11.3 Å². The Hall–Kier alpha value is -3.49. The maximum absolute atomic E-state index is 13.0. The van der Waals surface area contributed by atoms with Crippen molar-refractivity contribution in [1.82, 2.24) is 14.9 Å². The average molecular weight is 470 g/mol. The lowest BCUT2D eigenvalue weighted by molar-refractivity contribution is -0.120. The molecule has 0 aliphatic rings. The number of unbranched alkanes of at least 4 members (excludes halogenated alkanes) is 3. The summed E-state index contributed by atoms with van der Waals surface area (Å²) in [6, 6.07) is 9.22. The molecule has 2 heterocycles. The van der Waals surface area contributed by atoms with Crippen LogP contribution in [0.4, 0.5) is 11.5 Å². The minimum Gasteiger partial charge on any atom is -0.459 e. The second kappa shape index (κ2) is 11.6. The van der Waals surface area contributed by atoms with Gasteiger partial charge in [-0.25, -0.2) is 4.79 Å². The van der Waals surface area contributed by atoms with Gasteiger partial charge in [0.1, 0.15) is 22.8 Å². The van der Waals surface area contributed by atoms with E-state index >= 15 is 0 Å². The molecular weight excluding hydrogens is 434 g/mol. The molecule has 0 bridgehead atoms. The molecule has 0 saturated carbocycles. The Morgan fingerprint density at radius 2 is 1.91 bits per heavy atom.